The van der Waals surface area contributed by atoms with Crippen molar-refractivity contribution in [3.63, 3.8) is 0 Å². The number of thioether (sulfide) groups is 1. The van der Waals surface area contributed by atoms with E-state index < -0.39 is 20.0 Å². The maximum atomic E-state index is 13.1. The third-order valence-electron chi connectivity index (χ3n) is 5.06. The molecule has 0 bridgehead atoms. The summed E-state index contributed by atoms with van der Waals surface area (Å²) in [5.74, 6) is 0.435. The van der Waals surface area contributed by atoms with Crippen LogP contribution >= 0.6 is 23.4 Å². The maximum absolute atomic E-state index is 13.1. The number of anilines is 3. The van der Waals surface area contributed by atoms with Gasteiger partial charge in [-0.15, -0.1) is 11.8 Å². The Hall–Kier alpha value is -2.70. The summed E-state index contributed by atoms with van der Waals surface area (Å²) in [4.78, 5) is 2.58. The highest BCUT2D eigenvalue weighted by Gasteiger charge is 2.27. The summed E-state index contributed by atoms with van der Waals surface area (Å²) >= 11 is 7.58. The Kier molecular flexibility index (Phi) is 5.33. The SMILES string of the molecule is NS(=O)(=O)c1ccc2c(c1)SCN2c1ccc(Cl)cc1NS(=O)(=O)c1cc2ccccc2o1. The molecule has 3 aromatic carbocycles. The number of furan rings is 1. The fraction of sp³-hybridized carbons (Fsp3) is 0.0476. The van der Waals surface area contributed by atoms with Gasteiger partial charge in [-0.3, -0.25) is 4.72 Å². The molecule has 0 saturated carbocycles. The lowest BCUT2D eigenvalue weighted by molar-refractivity contribution is 0.484. The van der Waals surface area contributed by atoms with E-state index in [1.54, 1.807) is 42.5 Å². The fourth-order valence-corrected chi connectivity index (χ4v) is 6.43. The summed E-state index contributed by atoms with van der Waals surface area (Å²) in [6.45, 7) is 0. The Morgan fingerprint density at radius 1 is 0.970 bits per heavy atom. The molecule has 0 atom stereocenters. The number of sulfonamides is 2. The molecule has 33 heavy (non-hydrogen) atoms. The van der Waals surface area contributed by atoms with Gasteiger partial charge in [0.25, 0.3) is 10.0 Å². The minimum absolute atomic E-state index is 0.0116. The number of halogens is 1. The van der Waals surface area contributed by atoms with Gasteiger partial charge in [-0.1, -0.05) is 29.8 Å². The van der Waals surface area contributed by atoms with Gasteiger partial charge in [0.2, 0.25) is 15.1 Å². The molecule has 0 fully saturated rings. The van der Waals surface area contributed by atoms with Crippen LogP contribution in [0.5, 0.6) is 0 Å². The quantitative estimate of drug-likeness (QED) is 0.389. The van der Waals surface area contributed by atoms with Crippen LogP contribution in [0.15, 0.2) is 86.0 Å². The molecule has 1 aromatic heterocycles. The highest BCUT2D eigenvalue weighted by molar-refractivity contribution is 8.00. The van der Waals surface area contributed by atoms with E-state index in [9.17, 15) is 16.8 Å². The molecular weight excluding hydrogens is 506 g/mol. The number of benzene rings is 3. The van der Waals surface area contributed by atoms with Gasteiger partial charge in [0.05, 0.1) is 27.8 Å². The van der Waals surface area contributed by atoms with Crippen molar-refractivity contribution in [3.05, 3.63) is 71.8 Å². The first kappa shape index (κ1) is 22.1. The summed E-state index contributed by atoms with van der Waals surface area (Å²) in [6, 6.07) is 17.9. The van der Waals surface area contributed by atoms with Crippen LogP contribution in [0, 0.1) is 0 Å². The smallest absolute Gasteiger partial charge is 0.295 e. The van der Waals surface area contributed by atoms with E-state index >= 15 is 0 Å². The third-order valence-corrected chi connectivity index (χ3v) is 8.45. The molecular formula is C21H16ClN3O5S3. The first-order valence-corrected chi connectivity index (χ1v) is 13.9. The molecule has 4 aromatic rings. The van der Waals surface area contributed by atoms with Gasteiger partial charge in [0.1, 0.15) is 5.58 Å². The van der Waals surface area contributed by atoms with Gasteiger partial charge in [0.15, 0.2) is 0 Å². The molecule has 1 aliphatic heterocycles. The average molecular weight is 522 g/mol. The second kappa shape index (κ2) is 7.96. The van der Waals surface area contributed by atoms with Crippen LogP contribution in [-0.2, 0) is 20.0 Å². The number of para-hydroxylation sites is 1. The predicted molar refractivity (Wildman–Crippen MR) is 129 cm³/mol. The molecule has 170 valence electrons. The third kappa shape index (κ3) is 4.18. The number of nitrogens with two attached hydrogens (primary N) is 1. The lowest BCUT2D eigenvalue weighted by Crippen LogP contribution is -2.18. The summed E-state index contributed by atoms with van der Waals surface area (Å²) < 4.78 is 57.7. The van der Waals surface area contributed by atoms with Crippen LogP contribution in [0.3, 0.4) is 0 Å². The van der Waals surface area contributed by atoms with Crippen molar-refractivity contribution in [1.29, 1.82) is 0 Å². The second-order valence-electron chi connectivity index (χ2n) is 7.25. The first-order chi connectivity index (χ1) is 15.6. The fourth-order valence-electron chi connectivity index (χ4n) is 3.52. The van der Waals surface area contributed by atoms with Crippen molar-refractivity contribution in [2.45, 2.75) is 14.9 Å². The highest BCUT2D eigenvalue weighted by Crippen LogP contribution is 2.46. The van der Waals surface area contributed by atoms with Gasteiger partial charge < -0.3 is 9.32 Å². The standard InChI is InChI=1S/C21H16ClN3O5S3/c22-14-5-7-17(25-12-31-20-11-15(32(23,26)27)6-8-18(20)25)16(10-14)24-33(28,29)21-9-13-3-1-2-4-19(13)30-21/h1-11,24H,12H2,(H2,23,26,27). The number of primary sulfonamides is 1. The van der Waals surface area contributed by atoms with Crippen molar-refractivity contribution >= 4 is 71.4 Å². The molecule has 8 nitrogen and oxygen atoms in total. The zero-order chi connectivity index (χ0) is 23.4. The minimum atomic E-state index is -4.05. The van der Waals surface area contributed by atoms with Gasteiger partial charge in [-0.05, 0) is 42.5 Å². The van der Waals surface area contributed by atoms with E-state index in [-0.39, 0.29) is 15.7 Å². The lowest BCUT2D eigenvalue weighted by atomic mass is 10.2. The summed E-state index contributed by atoms with van der Waals surface area (Å²) in [6.07, 6.45) is 0. The summed E-state index contributed by atoms with van der Waals surface area (Å²) in [7, 11) is -7.89. The lowest BCUT2D eigenvalue weighted by Gasteiger charge is -2.22. The molecule has 2 heterocycles. The normalized spacial score (nSPS) is 13.9. The number of fused-ring (bicyclic) bond motifs is 2. The van der Waals surface area contributed by atoms with E-state index in [1.807, 2.05) is 4.90 Å². The number of nitrogens with zero attached hydrogens (tertiary/aromatic N) is 1. The van der Waals surface area contributed by atoms with Crippen molar-refractivity contribution in [3.8, 4) is 0 Å². The van der Waals surface area contributed by atoms with Crippen LogP contribution in [0.4, 0.5) is 17.1 Å². The zero-order valence-electron chi connectivity index (χ0n) is 16.7. The van der Waals surface area contributed by atoms with Gasteiger partial charge >= 0.3 is 0 Å². The van der Waals surface area contributed by atoms with Gasteiger partial charge in [-0.2, -0.15) is 8.42 Å². The van der Waals surface area contributed by atoms with Crippen molar-refractivity contribution in [2.75, 3.05) is 15.5 Å². The number of rotatable bonds is 5. The largest absolute Gasteiger partial charge is 0.443 e. The molecule has 0 amide bonds. The van der Waals surface area contributed by atoms with Crippen LogP contribution < -0.4 is 14.8 Å². The highest BCUT2D eigenvalue weighted by atomic mass is 35.5. The van der Waals surface area contributed by atoms with E-state index in [0.717, 1.165) is 5.69 Å². The zero-order valence-corrected chi connectivity index (χ0v) is 19.9. The van der Waals surface area contributed by atoms with E-state index in [2.05, 4.69) is 4.72 Å². The topological polar surface area (TPSA) is 123 Å². The molecule has 5 rings (SSSR count). The maximum Gasteiger partial charge on any atom is 0.295 e. The molecule has 0 spiro atoms. The summed E-state index contributed by atoms with van der Waals surface area (Å²) in [5.41, 5.74) is 1.99. The van der Waals surface area contributed by atoms with E-state index in [0.29, 0.717) is 32.5 Å². The molecule has 0 saturated heterocycles. The molecule has 0 unspecified atom stereocenters. The Morgan fingerprint density at radius 3 is 2.48 bits per heavy atom. The van der Waals surface area contributed by atoms with Gasteiger partial charge in [0, 0.05) is 21.4 Å². The second-order valence-corrected chi connectivity index (χ2v) is 11.8. The Morgan fingerprint density at radius 2 is 1.73 bits per heavy atom. The molecule has 1 aliphatic rings. The van der Waals surface area contributed by atoms with Crippen LogP contribution in [0.2, 0.25) is 5.02 Å². The van der Waals surface area contributed by atoms with Crippen LogP contribution in [-0.4, -0.2) is 22.7 Å². The molecule has 0 aliphatic carbocycles. The Labute approximate surface area is 199 Å². The Balaban J connectivity index is 1.54. The number of hydrogen-bond donors (Lipinski definition) is 2. The predicted octanol–water partition coefficient (Wildman–Crippen LogP) is 4.74. The average Bonchev–Trinajstić information content (AvgIpc) is 3.37. The first-order valence-electron chi connectivity index (χ1n) is 9.50. The van der Waals surface area contributed by atoms with Crippen LogP contribution in [0.25, 0.3) is 11.0 Å². The minimum Gasteiger partial charge on any atom is -0.443 e. The van der Waals surface area contributed by atoms with Crippen molar-refractivity contribution in [2.24, 2.45) is 5.14 Å². The molecule has 0 radical (unpaired) electrons. The summed E-state index contributed by atoms with van der Waals surface area (Å²) in [5, 5.41) is 6.03. The monoisotopic (exact) mass is 521 g/mol. The number of hydrogen-bond acceptors (Lipinski definition) is 7. The van der Waals surface area contributed by atoms with E-state index in [1.165, 1.54) is 36.0 Å². The Bertz CT molecular complexity index is 1580. The van der Waals surface area contributed by atoms with Crippen LogP contribution in [0.1, 0.15) is 0 Å². The van der Waals surface area contributed by atoms with Crippen molar-refractivity contribution < 1.29 is 21.3 Å². The molecule has 12 heteroatoms. The van der Waals surface area contributed by atoms with Gasteiger partial charge in [-0.25, -0.2) is 13.6 Å². The number of nitrogens with one attached hydrogen (secondary N) is 1. The van der Waals surface area contributed by atoms with Crippen molar-refractivity contribution in [1.82, 2.24) is 0 Å². The molecule has 3 N–H and O–H groups in total. The van der Waals surface area contributed by atoms with E-state index in [4.69, 9.17) is 21.2 Å².